The van der Waals surface area contributed by atoms with Crippen molar-refractivity contribution in [1.82, 2.24) is 9.80 Å². The van der Waals surface area contributed by atoms with Crippen LogP contribution in [-0.2, 0) is 4.79 Å². The van der Waals surface area contributed by atoms with Crippen molar-refractivity contribution in [2.24, 2.45) is 0 Å². The van der Waals surface area contributed by atoms with E-state index in [1.165, 1.54) is 18.4 Å². The van der Waals surface area contributed by atoms with Gasteiger partial charge in [-0.3, -0.25) is 9.69 Å². The largest absolute Gasteiger partial charge is 0.481 e. The molecule has 1 saturated heterocycles. The zero-order valence-corrected chi connectivity index (χ0v) is 12.2. The van der Waals surface area contributed by atoms with Crippen molar-refractivity contribution in [3.63, 3.8) is 0 Å². The number of likely N-dealkylation sites (N-methyl/N-ethyl adjacent to an activating group) is 1. The first kappa shape index (κ1) is 15.0. The first-order valence-corrected chi connectivity index (χ1v) is 7.36. The van der Waals surface area contributed by atoms with E-state index in [1.54, 1.807) is 0 Å². The SMILES string of the molecule is CN(CCC(=O)O)CC(c1ccccc1)N1CCCC1. The predicted octanol–water partition coefficient (Wildman–Crippen LogP) is 2.23. The van der Waals surface area contributed by atoms with Crippen LogP contribution >= 0.6 is 0 Å². The summed E-state index contributed by atoms with van der Waals surface area (Å²) in [5, 5.41) is 8.79. The van der Waals surface area contributed by atoms with Crippen molar-refractivity contribution in [3.8, 4) is 0 Å². The molecule has 1 aliphatic rings. The van der Waals surface area contributed by atoms with Gasteiger partial charge in [-0.25, -0.2) is 0 Å². The van der Waals surface area contributed by atoms with Gasteiger partial charge in [0.05, 0.1) is 6.42 Å². The summed E-state index contributed by atoms with van der Waals surface area (Å²) in [6, 6.07) is 10.9. The highest BCUT2D eigenvalue weighted by atomic mass is 16.4. The summed E-state index contributed by atoms with van der Waals surface area (Å²) in [4.78, 5) is 15.3. The van der Waals surface area contributed by atoms with Gasteiger partial charge in [0.15, 0.2) is 0 Å². The number of carbonyl (C=O) groups is 1. The molecule has 1 fully saturated rings. The maximum atomic E-state index is 10.7. The molecule has 1 atom stereocenters. The molecule has 110 valence electrons. The summed E-state index contributed by atoms with van der Waals surface area (Å²) in [5.74, 6) is -0.728. The summed E-state index contributed by atoms with van der Waals surface area (Å²) in [7, 11) is 2.01. The number of carboxylic acids is 1. The van der Waals surface area contributed by atoms with Gasteiger partial charge < -0.3 is 10.0 Å². The maximum absolute atomic E-state index is 10.7. The van der Waals surface area contributed by atoms with Gasteiger partial charge in [0.2, 0.25) is 0 Å². The molecule has 1 unspecified atom stereocenters. The van der Waals surface area contributed by atoms with Crippen LogP contribution in [0.15, 0.2) is 30.3 Å². The van der Waals surface area contributed by atoms with E-state index in [4.69, 9.17) is 5.11 Å². The predicted molar refractivity (Wildman–Crippen MR) is 79.7 cm³/mol. The lowest BCUT2D eigenvalue weighted by molar-refractivity contribution is -0.137. The molecule has 4 heteroatoms. The summed E-state index contributed by atoms with van der Waals surface area (Å²) >= 11 is 0. The Hall–Kier alpha value is -1.39. The normalized spacial score (nSPS) is 17.5. The van der Waals surface area contributed by atoms with E-state index >= 15 is 0 Å². The van der Waals surface area contributed by atoms with E-state index in [2.05, 4.69) is 34.1 Å². The first-order valence-electron chi connectivity index (χ1n) is 7.36. The van der Waals surface area contributed by atoms with Crippen molar-refractivity contribution in [3.05, 3.63) is 35.9 Å². The molecule has 1 aromatic rings. The van der Waals surface area contributed by atoms with E-state index < -0.39 is 5.97 Å². The Bertz CT molecular complexity index is 416. The third kappa shape index (κ3) is 4.32. The van der Waals surface area contributed by atoms with Gasteiger partial charge >= 0.3 is 5.97 Å². The molecule has 0 saturated carbocycles. The van der Waals surface area contributed by atoms with Gasteiger partial charge in [-0.05, 0) is 38.5 Å². The quantitative estimate of drug-likeness (QED) is 0.829. The monoisotopic (exact) mass is 276 g/mol. The number of aliphatic carboxylic acids is 1. The maximum Gasteiger partial charge on any atom is 0.304 e. The molecular formula is C16H24N2O2. The van der Waals surface area contributed by atoms with Crippen LogP contribution in [0, 0.1) is 0 Å². The zero-order valence-electron chi connectivity index (χ0n) is 12.2. The number of benzene rings is 1. The van der Waals surface area contributed by atoms with Gasteiger partial charge in [-0.2, -0.15) is 0 Å². The second-order valence-electron chi connectivity index (χ2n) is 5.58. The van der Waals surface area contributed by atoms with E-state index in [0.29, 0.717) is 12.6 Å². The van der Waals surface area contributed by atoms with Crippen molar-refractivity contribution < 1.29 is 9.90 Å². The lowest BCUT2D eigenvalue weighted by atomic mass is 10.1. The topological polar surface area (TPSA) is 43.8 Å². The highest BCUT2D eigenvalue weighted by molar-refractivity contribution is 5.66. The minimum Gasteiger partial charge on any atom is -0.481 e. The molecule has 0 amide bonds. The van der Waals surface area contributed by atoms with Gasteiger partial charge in [-0.15, -0.1) is 0 Å². The Morgan fingerprint density at radius 3 is 2.55 bits per heavy atom. The molecule has 1 aliphatic heterocycles. The fourth-order valence-corrected chi connectivity index (χ4v) is 2.83. The fourth-order valence-electron chi connectivity index (χ4n) is 2.83. The van der Waals surface area contributed by atoms with Crippen LogP contribution in [0.5, 0.6) is 0 Å². The number of nitrogens with zero attached hydrogens (tertiary/aromatic N) is 2. The number of likely N-dealkylation sites (tertiary alicyclic amines) is 1. The average Bonchev–Trinajstić information content (AvgIpc) is 2.97. The van der Waals surface area contributed by atoms with E-state index in [-0.39, 0.29) is 6.42 Å². The molecule has 20 heavy (non-hydrogen) atoms. The van der Waals surface area contributed by atoms with Crippen molar-refractivity contribution in [1.29, 1.82) is 0 Å². The minimum atomic E-state index is -0.728. The second-order valence-corrected chi connectivity index (χ2v) is 5.58. The molecule has 0 radical (unpaired) electrons. The van der Waals surface area contributed by atoms with Crippen molar-refractivity contribution in [2.75, 3.05) is 33.2 Å². The summed E-state index contributed by atoms with van der Waals surface area (Å²) in [6.45, 7) is 3.78. The first-order chi connectivity index (χ1) is 9.66. The molecule has 0 spiro atoms. The molecule has 1 aromatic carbocycles. The highest BCUT2D eigenvalue weighted by Gasteiger charge is 2.24. The number of hydrogen-bond donors (Lipinski definition) is 1. The molecule has 1 N–H and O–H groups in total. The van der Waals surface area contributed by atoms with Crippen LogP contribution in [0.4, 0.5) is 0 Å². The third-order valence-electron chi connectivity index (χ3n) is 3.96. The van der Waals surface area contributed by atoms with E-state index in [0.717, 1.165) is 19.6 Å². The van der Waals surface area contributed by atoms with Crippen LogP contribution in [-0.4, -0.2) is 54.1 Å². The molecular weight excluding hydrogens is 252 g/mol. The van der Waals surface area contributed by atoms with Crippen LogP contribution < -0.4 is 0 Å². The smallest absolute Gasteiger partial charge is 0.304 e. The van der Waals surface area contributed by atoms with Crippen LogP contribution in [0.1, 0.15) is 30.9 Å². The molecule has 0 aliphatic carbocycles. The molecule has 0 bridgehead atoms. The fraction of sp³-hybridized carbons (Fsp3) is 0.562. The number of carboxylic acid groups (broad SMARTS) is 1. The number of hydrogen-bond acceptors (Lipinski definition) is 3. The Labute approximate surface area is 121 Å². The zero-order chi connectivity index (χ0) is 14.4. The lowest BCUT2D eigenvalue weighted by Gasteiger charge is -2.31. The summed E-state index contributed by atoms with van der Waals surface area (Å²) < 4.78 is 0. The molecule has 4 nitrogen and oxygen atoms in total. The standard InChI is InChI=1S/C16H24N2O2/c1-17(12-9-16(19)20)13-15(18-10-5-6-11-18)14-7-3-2-4-8-14/h2-4,7-8,15H,5-6,9-13H2,1H3,(H,19,20). The van der Waals surface area contributed by atoms with E-state index in [9.17, 15) is 4.79 Å². The van der Waals surface area contributed by atoms with Gasteiger partial charge in [0, 0.05) is 19.1 Å². The summed E-state index contributed by atoms with van der Waals surface area (Å²) in [5.41, 5.74) is 1.33. The van der Waals surface area contributed by atoms with Gasteiger partial charge in [0.1, 0.15) is 0 Å². The Morgan fingerprint density at radius 1 is 1.30 bits per heavy atom. The van der Waals surface area contributed by atoms with Gasteiger partial charge in [0.25, 0.3) is 0 Å². The number of rotatable bonds is 7. The van der Waals surface area contributed by atoms with Crippen molar-refractivity contribution in [2.45, 2.75) is 25.3 Å². The third-order valence-corrected chi connectivity index (χ3v) is 3.96. The second kappa shape index (κ2) is 7.41. The molecule has 0 aromatic heterocycles. The Balaban J connectivity index is 2.01. The summed E-state index contributed by atoms with van der Waals surface area (Å²) in [6.07, 6.45) is 2.74. The highest BCUT2D eigenvalue weighted by Crippen LogP contribution is 2.25. The Morgan fingerprint density at radius 2 is 1.95 bits per heavy atom. The van der Waals surface area contributed by atoms with Crippen LogP contribution in [0.3, 0.4) is 0 Å². The average molecular weight is 276 g/mol. The lowest BCUT2D eigenvalue weighted by Crippen LogP contribution is -2.36. The minimum absolute atomic E-state index is 0.206. The van der Waals surface area contributed by atoms with Crippen LogP contribution in [0.2, 0.25) is 0 Å². The van der Waals surface area contributed by atoms with Crippen molar-refractivity contribution >= 4 is 5.97 Å². The Kier molecular flexibility index (Phi) is 5.56. The van der Waals surface area contributed by atoms with E-state index in [1.807, 2.05) is 13.1 Å². The molecule has 2 rings (SSSR count). The van der Waals surface area contributed by atoms with Crippen LogP contribution in [0.25, 0.3) is 0 Å². The van der Waals surface area contributed by atoms with Gasteiger partial charge in [-0.1, -0.05) is 30.3 Å². The molecule has 1 heterocycles.